The van der Waals surface area contributed by atoms with Crippen molar-refractivity contribution in [3.8, 4) is 0 Å². The molecule has 0 aliphatic carbocycles. The number of aryl methyl sites for hydroxylation is 1. The van der Waals surface area contributed by atoms with Crippen LogP contribution in [0.1, 0.15) is 18.9 Å². The van der Waals surface area contributed by atoms with Crippen molar-refractivity contribution in [2.24, 2.45) is 0 Å². The summed E-state index contributed by atoms with van der Waals surface area (Å²) < 4.78 is 4.71. The third kappa shape index (κ3) is 2.77. The zero-order valence-corrected chi connectivity index (χ0v) is 13.1. The molecule has 0 unspecified atom stereocenters. The standard InChI is InChI=1S/C18H18N2O3/c1-12(21)20-16-9-4-3-7-14(16)19-15-8-5-6-13(18(15)20)10-11-17(22)23-2/h3-9,19H,10-11H2,1-2H3. The number of benzene rings is 2. The number of hydrogen-bond acceptors (Lipinski definition) is 4. The van der Waals surface area contributed by atoms with Crippen LogP contribution in [0.4, 0.5) is 22.7 Å². The summed E-state index contributed by atoms with van der Waals surface area (Å²) in [4.78, 5) is 25.4. The molecule has 118 valence electrons. The Morgan fingerprint density at radius 1 is 1.09 bits per heavy atom. The Labute approximate surface area is 134 Å². The molecule has 0 spiro atoms. The fraction of sp³-hybridized carbons (Fsp3) is 0.222. The highest BCUT2D eigenvalue weighted by atomic mass is 16.5. The monoisotopic (exact) mass is 310 g/mol. The van der Waals surface area contributed by atoms with Crippen molar-refractivity contribution in [2.75, 3.05) is 17.3 Å². The molecule has 5 heteroatoms. The van der Waals surface area contributed by atoms with Crippen LogP contribution < -0.4 is 10.2 Å². The van der Waals surface area contributed by atoms with E-state index in [0.717, 1.165) is 28.3 Å². The van der Waals surface area contributed by atoms with Gasteiger partial charge in [0.15, 0.2) is 0 Å². The SMILES string of the molecule is COC(=O)CCc1cccc2c1N(C(C)=O)c1ccccc1N2. The summed E-state index contributed by atoms with van der Waals surface area (Å²) in [5.41, 5.74) is 4.31. The van der Waals surface area contributed by atoms with Gasteiger partial charge in [-0.1, -0.05) is 24.3 Å². The first-order valence-electron chi connectivity index (χ1n) is 7.47. The number of nitrogens with zero attached hydrogens (tertiary/aromatic N) is 1. The number of ether oxygens (including phenoxy) is 1. The zero-order chi connectivity index (χ0) is 16.4. The van der Waals surface area contributed by atoms with Crippen LogP contribution in [0.25, 0.3) is 0 Å². The molecule has 1 amide bonds. The number of nitrogens with one attached hydrogen (secondary N) is 1. The lowest BCUT2D eigenvalue weighted by Crippen LogP contribution is -2.28. The van der Waals surface area contributed by atoms with Gasteiger partial charge < -0.3 is 10.1 Å². The predicted molar refractivity (Wildman–Crippen MR) is 89.3 cm³/mol. The molecule has 2 aromatic rings. The molecular weight excluding hydrogens is 292 g/mol. The van der Waals surface area contributed by atoms with Crippen molar-refractivity contribution in [3.05, 3.63) is 48.0 Å². The van der Waals surface area contributed by atoms with E-state index in [-0.39, 0.29) is 18.3 Å². The van der Waals surface area contributed by atoms with E-state index < -0.39 is 0 Å². The van der Waals surface area contributed by atoms with E-state index in [1.165, 1.54) is 7.11 Å². The lowest BCUT2D eigenvalue weighted by atomic mass is 10.0. The highest BCUT2D eigenvalue weighted by Gasteiger charge is 2.27. The number of amides is 1. The predicted octanol–water partition coefficient (Wildman–Crippen LogP) is 3.53. The third-order valence-corrected chi connectivity index (χ3v) is 3.90. The first-order valence-corrected chi connectivity index (χ1v) is 7.47. The Morgan fingerprint density at radius 2 is 1.83 bits per heavy atom. The smallest absolute Gasteiger partial charge is 0.305 e. The number of carbonyl (C=O) groups is 2. The van der Waals surface area contributed by atoms with Crippen LogP contribution in [0.15, 0.2) is 42.5 Å². The maximum atomic E-state index is 12.3. The molecule has 5 nitrogen and oxygen atoms in total. The average Bonchev–Trinajstić information content (AvgIpc) is 2.57. The minimum Gasteiger partial charge on any atom is -0.469 e. The third-order valence-electron chi connectivity index (χ3n) is 3.90. The number of fused-ring (bicyclic) bond motifs is 2. The normalized spacial score (nSPS) is 12.0. The summed E-state index contributed by atoms with van der Waals surface area (Å²) in [7, 11) is 1.38. The summed E-state index contributed by atoms with van der Waals surface area (Å²) in [6, 6.07) is 13.5. The number of anilines is 4. The number of hydrogen-bond donors (Lipinski definition) is 1. The second-order valence-corrected chi connectivity index (χ2v) is 5.39. The van der Waals surface area contributed by atoms with Gasteiger partial charge in [-0.15, -0.1) is 0 Å². The molecule has 0 radical (unpaired) electrons. The first kappa shape index (κ1) is 15.1. The number of para-hydroxylation sites is 3. The van der Waals surface area contributed by atoms with Crippen LogP contribution in [0, 0.1) is 0 Å². The van der Waals surface area contributed by atoms with Crippen molar-refractivity contribution in [2.45, 2.75) is 19.8 Å². The molecule has 0 atom stereocenters. The molecule has 0 saturated heterocycles. The molecule has 1 aliphatic rings. The maximum Gasteiger partial charge on any atom is 0.305 e. The van der Waals surface area contributed by atoms with E-state index >= 15 is 0 Å². The Kier molecular flexibility index (Phi) is 4.02. The van der Waals surface area contributed by atoms with Crippen LogP contribution >= 0.6 is 0 Å². The molecule has 23 heavy (non-hydrogen) atoms. The number of esters is 1. The number of carbonyl (C=O) groups excluding carboxylic acids is 2. The molecule has 0 aromatic heterocycles. The topological polar surface area (TPSA) is 58.6 Å². The molecule has 3 rings (SSSR count). The highest BCUT2D eigenvalue weighted by molar-refractivity contribution is 6.09. The average molecular weight is 310 g/mol. The molecule has 1 heterocycles. The fourth-order valence-electron chi connectivity index (χ4n) is 2.86. The van der Waals surface area contributed by atoms with Crippen LogP contribution in [-0.2, 0) is 20.7 Å². The Morgan fingerprint density at radius 3 is 2.57 bits per heavy atom. The minimum absolute atomic E-state index is 0.0641. The number of methoxy groups -OCH3 is 1. The van der Waals surface area contributed by atoms with Crippen LogP contribution in [0.3, 0.4) is 0 Å². The van der Waals surface area contributed by atoms with Gasteiger partial charge in [-0.3, -0.25) is 14.5 Å². The largest absolute Gasteiger partial charge is 0.469 e. The highest BCUT2D eigenvalue weighted by Crippen LogP contribution is 2.45. The van der Waals surface area contributed by atoms with E-state index in [9.17, 15) is 9.59 Å². The fourth-order valence-corrected chi connectivity index (χ4v) is 2.86. The Bertz CT molecular complexity index is 771. The van der Waals surface area contributed by atoms with Gasteiger partial charge in [-0.25, -0.2) is 0 Å². The van der Waals surface area contributed by atoms with Gasteiger partial charge in [0, 0.05) is 13.3 Å². The number of rotatable bonds is 3. The quantitative estimate of drug-likeness (QED) is 0.881. The van der Waals surface area contributed by atoms with Gasteiger partial charge in [-0.05, 0) is 30.2 Å². The van der Waals surface area contributed by atoms with Crippen molar-refractivity contribution in [3.63, 3.8) is 0 Å². The lowest BCUT2D eigenvalue weighted by Gasteiger charge is -2.33. The van der Waals surface area contributed by atoms with E-state index in [0.29, 0.717) is 6.42 Å². The van der Waals surface area contributed by atoms with Gasteiger partial charge in [0.1, 0.15) is 0 Å². The summed E-state index contributed by atoms with van der Waals surface area (Å²) in [6.45, 7) is 1.54. The second-order valence-electron chi connectivity index (χ2n) is 5.39. The second kappa shape index (κ2) is 6.12. The van der Waals surface area contributed by atoms with Crippen molar-refractivity contribution >= 4 is 34.6 Å². The lowest BCUT2D eigenvalue weighted by molar-refractivity contribution is -0.140. The molecule has 0 bridgehead atoms. The Balaban J connectivity index is 2.06. The summed E-state index contributed by atoms with van der Waals surface area (Å²) in [5, 5.41) is 3.36. The minimum atomic E-state index is -0.263. The van der Waals surface area contributed by atoms with Gasteiger partial charge in [-0.2, -0.15) is 0 Å². The zero-order valence-electron chi connectivity index (χ0n) is 13.1. The van der Waals surface area contributed by atoms with Gasteiger partial charge in [0.25, 0.3) is 0 Å². The van der Waals surface area contributed by atoms with Crippen LogP contribution in [0.2, 0.25) is 0 Å². The van der Waals surface area contributed by atoms with Gasteiger partial charge in [0.05, 0.1) is 29.9 Å². The van der Waals surface area contributed by atoms with Crippen LogP contribution in [-0.4, -0.2) is 19.0 Å². The van der Waals surface area contributed by atoms with Crippen molar-refractivity contribution in [1.82, 2.24) is 0 Å². The van der Waals surface area contributed by atoms with E-state index in [1.54, 1.807) is 11.8 Å². The molecule has 1 N–H and O–H groups in total. The Hall–Kier alpha value is -2.82. The van der Waals surface area contributed by atoms with Crippen LogP contribution in [0.5, 0.6) is 0 Å². The van der Waals surface area contributed by atoms with E-state index in [4.69, 9.17) is 4.74 Å². The molecule has 0 fully saturated rings. The first-order chi connectivity index (χ1) is 11.1. The molecular formula is C18H18N2O3. The summed E-state index contributed by atoms with van der Waals surface area (Å²) in [6.07, 6.45) is 0.795. The summed E-state index contributed by atoms with van der Waals surface area (Å²) in [5.74, 6) is -0.327. The van der Waals surface area contributed by atoms with E-state index in [2.05, 4.69) is 5.32 Å². The van der Waals surface area contributed by atoms with Crippen molar-refractivity contribution in [1.29, 1.82) is 0 Å². The molecule has 1 aliphatic heterocycles. The van der Waals surface area contributed by atoms with E-state index in [1.807, 2.05) is 42.5 Å². The maximum absolute atomic E-state index is 12.3. The molecule has 2 aromatic carbocycles. The van der Waals surface area contributed by atoms with Crippen molar-refractivity contribution < 1.29 is 14.3 Å². The van der Waals surface area contributed by atoms with Gasteiger partial charge in [0.2, 0.25) is 5.91 Å². The summed E-state index contributed by atoms with van der Waals surface area (Å²) >= 11 is 0. The van der Waals surface area contributed by atoms with Gasteiger partial charge >= 0.3 is 5.97 Å². The molecule has 0 saturated carbocycles.